The van der Waals surface area contributed by atoms with E-state index in [9.17, 15) is 13.2 Å². The number of anilines is 1. The van der Waals surface area contributed by atoms with Crippen molar-refractivity contribution in [2.45, 2.75) is 25.1 Å². The third kappa shape index (κ3) is 7.39. The summed E-state index contributed by atoms with van der Waals surface area (Å²) in [4.78, 5) is 4.02. The van der Waals surface area contributed by atoms with Crippen molar-refractivity contribution in [3.8, 4) is 0 Å². The van der Waals surface area contributed by atoms with Gasteiger partial charge < -0.3 is 10.2 Å². The van der Waals surface area contributed by atoms with Gasteiger partial charge in [0.1, 0.15) is 0 Å². The van der Waals surface area contributed by atoms with Gasteiger partial charge in [-0.1, -0.05) is 17.7 Å². The highest BCUT2D eigenvalue weighted by atomic mass is 35.5. The summed E-state index contributed by atoms with van der Waals surface area (Å²) in [5.74, 6) is 0. The van der Waals surface area contributed by atoms with Crippen molar-refractivity contribution in [1.29, 1.82) is 0 Å². The van der Waals surface area contributed by atoms with Gasteiger partial charge in [-0.05, 0) is 24.1 Å². The van der Waals surface area contributed by atoms with Gasteiger partial charge in [-0.2, -0.15) is 13.2 Å². The van der Waals surface area contributed by atoms with E-state index in [0.717, 1.165) is 37.4 Å². The van der Waals surface area contributed by atoms with E-state index in [1.165, 1.54) is 0 Å². The topological polar surface area (TPSA) is 18.5 Å². The molecule has 1 fully saturated rings. The van der Waals surface area contributed by atoms with Crippen LogP contribution in [0.5, 0.6) is 0 Å². The lowest BCUT2D eigenvalue weighted by Crippen LogP contribution is -2.45. The fourth-order valence-corrected chi connectivity index (χ4v) is 3.19. The molecule has 25 heavy (non-hydrogen) atoms. The maximum Gasteiger partial charge on any atom is 0.389 e. The third-order valence-corrected chi connectivity index (χ3v) is 4.48. The number of rotatable bonds is 5. The van der Waals surface area contributed by atoms with Gasteiger partial charge in [-0.3, -0.25) is 4.90 Å². The molecule has 1 atom stereocenters. The van der Waals surface area contributed by atoms with Crippen molar-refractivity contribution in [2.24, 2.45) is 0 Å². The Morgan fingerprint density at radius 3 is 2.28 bits per heavy atom. The zero-order chi connectivity index (χ0) is 17.0. The van der Waals surface area contributed by atoms with Gasteiger partial charge in [0.15, 0.2) is 0 Å². The van der Waals surface area contributed by atoms with Crippen molar-refractivity contribution in [3.63, 3.8) is 0 Å². The number of piperazine rings is 1. The van der Waals surface area contributed by atoms with E-state index in [-0.39, 0.29) is 37.3 Å². The van der Waals surface area contributed by atoms with Crippen LogP contribution in [0.25, 0.3) is 0 Å². The molecule has 1 aliphatic rings. The van der Waals surface area contributed by atoms with E-state index in [0.29, 0.717) is 5.02 Å². The van der Waals surface area contributed by atoms with Crippen molar-refractivity contribution < 1.29 is 13.2 Å². The molecule has 1 aromatic carbocycles. The Hall–Kier alpha value is -0.400. The van der Waals surface area contributed by atoms with Crippen molar-refractivity contribution >= 4 is 42.1 Å². The monoisotopic (exact) mass is 421 g/mol. The molecule has 2 rings (SSSR count). The zero-order valence-electron chi connectivity index (χ0n) is 14.3. The fourth-order valence-electron chi connectivity index (χ4n) is 2.89. The first-order valence-corrected chi connectivity index (χ1v) is 8.14. The summed E-state index contributed by atoms with van der Waals surface area (Å²) in [6, 6.07) is 5.28. The Labute approximate surface area is 164 Å². The summed E-state index contributed by atoms with van der Waals surface area (Å²) in [5.41, 5.74) is 1.72. The van der Waals surface area contributed by atoms with E-state index >= 15 is 0 Å². The number of alkyl halides is 3. The molecule has 1 N–H and O–H groups in total. The molecule has 0 unspecified atom stereocenters. The third-order valence-electron chi connectivity index (χ3n) is 4.15. The van der Waals surface area contributed by atoms with Gasteiger partial charge in [-0.25, -0.2) is 0 Å². The van der Waals surface area contributed by atoms with Gasteiger partial charge in [0.25, 0.3) is 0 Å². The first-order valence-electron chi connectivity index (χ1n) is 7.76. The minimum Gasteiger partial charge on any atom is -0.378 e. The average molecular weight is 423 g/mol. The molecule has 0 aromatic heterocycles. The van der Waals surface area contributed by atoms with Crippen LogP contribution in [0.2, 0.25) is 5.02 Å². The molecule has 146 valence electrons. The minimum absolute atomic E-state index is 0. The molecular formula is C16H25Cl3F3N3. The number of hydrogen-bond acceptors (Lipinski definition) is 3. The second kappa shape index (κ2) is 10.7. The molecule has 9 heteroatoms. The maximum atomic E-state index is 12.7. The summed E-state index contributed by atoms with van der Waals surface area (Å²) < 4.78 is 38.1. The first kappa shape index (κ1) is 24.6. The van der Waals surface area contributed by atoms with Crippen LogP contribution >= 0.6 is 36.4 Å². The van der Waals surface area contributed by atoms with E-state index in [1.54, 1.807) is 0 Å². The Kier molecular flexibility index (Phi) is 10.5. The van der Waals surface area contributed by atoms with Gasteiger partial charge in [0.2, 0.25) is 0 Å². The highest BCUT2D eigenvalue weighted by molar-refractivity contribution is 6.31. The molecular weight excluding hydrogens is 398 g/mol. The number of nitrogens with one attached hydrogen (secondary N) is 1. The fraction of sp³-hybridized carbons (Fsp3) is 0.625. The van der Waals surface area contributed by atoms with Crippen LogP contribution in [-0.4, -0.2) is 51.4 Å². The number of hydrogen-bond donors (Lipinski definition) is 1. The van der Waals surface area contributed by atoms with Crippen molar-refractivity contribution in [1.82, 2.24) is 10.2 Å². The Balaban J connectivity index is 0.00000288. The summed E-state index contributed by atoms with van der Waals surface area (Å²) >= 11 is 6.39. The van der Waals surface area contributed by atoms with Gasteiger partial charge in [0.05, 0.1) is 0 Å². The van der Waals surface area contributed by atoms with E-state index in [2.05, 4.69) is 10.2 Å². The average Bonchev–Trinajstić information content (AvgIpc) is 2.48. The lowest BCUT2D eigenvalue weighted by Gasteiger charge is -2.36. The van der Waals surface area contributed by atoms with E-state index in [4.69, 9.17) is 11.6 Å². The molecule has 0 spiro atoms. The van der Waals surface area contributed by atoms with Crippen LogP contribution < -0.4 is 10.2 Å². The summed E-state index contributed by atoms with van der Waals surface area (Å²) in [6.45, 7) is 3.04. The molecule has 1 aliphatic heterocycles. The van der Waals surface area contributed by atoms with Crippen molar-refractivity contribution in [2.75, 3.05) is 45.2 Å². The standard InChI is InChI=1S/C16H23ClF3N3.2ClH/c1-22(2)12-3-4-13(14(17)11-12)15(5-6-16(18,19)20)23-9-7-21-8-10-23;;/h3-4,11,15,21H,5-10H2,1-2H3;2*1H/t15-;;/m1../s1. The lowest BCUT2D eigenvalue weighted by molar-refractivity contribution is -0.138. The molecule has 1 heterocycles. The molecule has 0 radical (unpaired) electrons. The Morgan fingerprint density at radius 2 is 1.80 bits per heavy atom. The summed E-state index contributed by atoms with van der Waals surface area (Å²) in [7, 11) is 3.81. The molecule has 1 aromatic rings. The van der Waals surface area contributed by atoms with Gasteiger partial charge >= 0.3 is 6.18 Å². The Morgan fingerprint density at radius 1 is 1.20 bits per heavy atom. The molecule has 0 aliphatic carbocycles. The van der Waals surface area contributed by atoms with Gasteiger partial charge in [0, 0.05) is 63.4 Å². The molecule has 0 bridgehead atoms. The molecule has 1 saturated heterocycles. The van der Waals surface area contributed by atoms with Crippen molar-refractivity contribution in [3.05, 3.63) is 28.8 Å². The predicted octanol–water partition coefficient (Wildman–Crippen LogP) is 4.54. The highest BCUT2D eigenvalue weighted by Gasteiger charge is 2.32. The van der Waals surface area contributed by atoms with Gasteiger partial charge in [-0.15, -0.1) is 24.8 Å². The van der Waals surface area contributed by atoms with Crippen LogP contribution in [-0.2, 0) is 0 Å². The van der Waals surface area contributed by atoms with Crippen LogP contribution in [0.15, 0.2) is 18.2 Å². The summed E-state index contributed by atoms with van der Waals surface area (Å²) in [5, 5.41) is 3.76. The zero-order valence-corrected chi connectivity index (χ0v) is 16.7. The second-order valence-corrected chi connectivity index (χ2v) is 6.46. The molecule has 0 saturated carbocycles. The van der Waals surface area contributed by atoms with Crippen LogP contribution in [0.1, 0.15) is 24.4 Å². The van der Waals surface area contributed by atoms with E-state index in [1.807, 2.05) is 37.2 Å². The highest BCUT2D eigenvalue weighted by Crippen LogP contribution is 2.36. The second-order valence-electron chi connectivity index (χ2n) is 6.06. The smallest absolute Gasteiger partial charge is 0.378 e. The number of benzene rings is 1. The number of halogens is 6. The summed E-state index contributed by atoms with van der Waals surface area (Å²) in [6.07, 6.45) is -4.92. The maximum absolute atomic E-state index is 12.7. The molecule has 3 nitrogen and oxygen atoms in total. The first-order chi connectivity index (χ1) is 10.8. The Bertz CT molecular complexity index is 521. The van der Waals surface area contributed by atoms with Crippen LogP contribution in [0.4, 0.5) is 18.9 Å². The minimum atomic E-state index is -4.15. The number of nitrogens with zero attached hydrogens (tertiary/aromatic N) is 2. The lowest BCUT2D eigenvalue weighted by atomic mass is 9.98. The quantitative estimate of drug-likeness (QED) is 0.751. The van der Waals surface area contributed by atoms with Crippen LogP contribution in [0, 0.1) is 0 Å². The molecule has 0 amide bonds. The predicted molar refractivity (Wildman–Crippen MR) is 103 cm³/mol. The normalized spacial score (nSPS) is 16.6. The van der Waals surface area contributed by atoms with Crippen LogP contribution in [0.3, 0.4) is 0 Å². The largest absolute Gasteiger partial charge is 0.389 e. The SMILES string of the molecule is CN(C)c1ccc([C@@H](CCC(F)(F)F)N2CCNCC2)c(Cl)c1.Cl.Cl. The van der Waals surface area contributed by atoms with E-state index < -0.39 is 12.6 Å².